The fraction of sp³-hybridized carbons (Fsp3) is 0.270. The van der Waals surface area contributed by atoms with E-state index in [0.29, 0.717) is 6.07 Å². The van der Waals surface area contributed by atoms with E-state index in [9.17, 15) is 37.1 Å². The van der Waals surface area contributed by atoms with Crippen LogP contribution in [0.1, 0.15) is 50.6 Å². The molecule has 11 nitrogen and oxygen atoms in total. The highest BCUT2D eigenvalue weighted by atomic mass is 32.1. The quantitative estimate of drug-likeness (QED) is 0.0508. The summed E-state index contributed by atoms with van der Waals surface area (Å²) < 4.78 is 91.8. The number of nitrogens with zero attached hydrogens (tertiary/aromatic N) is 1. The molecule has 0 saturated heterocycles. The largest absolute Gasteiger partial charge is 0.514 e. The van der Waals surface area contributed by atoms with Crippen LogP contribution in [-0.4, -0.2) is 68.7 Å². The van der Waals surface area contributed by atoms with Gasteiger partial charge in [0.25, 0.3) is 11.8 Å². The standard InChI is InChI=1S/C37H33F5N2O9S/c1-6-50-33(47)36(34(48)51-7-2,27-13-10-16-54-27)19-52-35(49)53-30-25(38)18-26(28(29(30)39)32(46)44(4)5)43-31(45)23-12-9-8-11-22(23)21-14-15-24(20(3)17-21)37(40,41)42/h8-18H,6-7,19H2,1-5H3,(H,43,45). The van der Waals surface area contributed by atoms with Gasteiger partial charge in [-0.15, -0.1) is 11.3 Å². The van der Waals surface area contributed by atoms with E-state index in [1.807, 2.05) is 0 Å². The minimum Gasteiger partial charge on any atom is -0.465 e. The lowest BCUT2D eigenvalue weighted by Gasteiger charge is -2.27. The normalized spacial score (nSPS) is 11.4. The molecule has 0 aliphatic rings. The summed E-state index contributed by atoms with van der Waals surface area (Å²) in [5.41, 5.74) is -4.68. The predicted molar refractivity (Wildman–Crippen MR) is 185 cm³/mol. The maximum absolute atomic E-state index is 16.1. The van der Waals surface area contributed by atoms with Gasteiger partial charge in [-0.3, -0.25) is 19.2 Å². The Kier molecular flexibility index (Phi) is 12.8. The predicted octanol–water partition coefficient (Wildman–Crippen LogP) is 7.55. The molecule has 17 heteroatoms. The number of carbonyl (C=O) groups excluding carboxylic acids is 5. The van der Waals surface area contributed by atoms with Crippen molar-refractivity contribution in [2.75, 3.05) is 39.2 Å². The van der Waals surface area contributed by atoms with Gasteiger partial charge in [0.2, 0.25) is 11.2 Å². The van der Waals surface area contributed by atoms with Crippen LogP contribution in [0.15, 0.2) is 66.0 Å². The van der Waals surface area contributed by atoms with Crippen molar-refractivity contribution >= 4 is 46.9 Å². The monoisotopic (exact) mass is 776 g/mol. The topological polar surface area (TPSA) is 138 Å². The number of halogens is 5. The summed E-state index contributed by atoms with van der Waals surface area (Å²) in [5.74, 6) is -9.09. The first kappa shape index (κ1) is 40.9. The zero-order valence-electron chi connectivity index (χ0n) is 29.4. The van der Waals surface area contributed by atoms with Gasteiger partial charge in [-0.2, -0.15) is 13.2 Å². The average Bonchev–Trinajstić information content (AvgIpc) is 3.65. The van der Waals surface area contributed by atoms with Crippen LogP contribution in [0.5, 0.6) is 5.75 Å². The molecular formula is C37H33F5N2O9S. The van der Waals surface area contributed by atoms with E-state index in [1.54, 1.807) is 0 Å². The summed E-state index contributed by atoms with van der Waals surface area (Å²) in [6.45, 7) is 2.79. The molecular weight excluding hydrogens is 743 g/mol. The van der Waals surface area contributed by atoms with E-state index in [0.717, 1.165) is 28.4 Å². The van der Waals surface area contributed by atoms with Crippen LogP contribution in [0.25, 0.3) is 11.1 Å². The number of nitrogens with one attached hydrogen (secondary N) is 1. The van der Waals surface area contributed by atoms with Crippen LogP contribution in [0.4, 0.5) is 32.4 Å². The Bertz CT molecular complexity index is 2050. The lowest BCUT2D eigenvalue weighted by atomic mass is 9.87. The molecule has 0 bridgehead atoms. The number of thiophene rings is 1. The van der Waals surface area contributed by atoms with Crippen LogP contribution in [0.2, 0.25) is 0 Å². The third-order valence-corrected chi connectivity index (χ3v) is 8.87. The van der Waals surface area contributed by atoms with Crippen LogP contribution in [0, 0.1) is 18.6 Å². The fourth-order valence-corrected chi connectivity index (χ4v) is 6.17. The number of rotatable bonds is 12. The highest BCUT2D eigenvalue weighted by Crippen LogP contribution is 2.37. The van der Waals surface area contributed by atoms with E-state index in [4.69, 9.17) is 18.9 Å². The average molecular weight is 777 g/mol. The summed E-state index contributed by atoms with van der Waals surface area (Å²) in [6, 6.07) is 12.4. The molecule has 286 valence electrons. The summed E-state index contributed by atoms with van der Waals surface area (Å²) >= 11 is 0.941. The van der Waals surface area contributed by atoms with E-state index < -0.39 is 82.3 Å². The van der Waals surface area contributed by atoms with Crippen molar-refractivity contribution in [3.8, 4) is 16.9 Å². The number of benzene rings is 3. The Morgan fingerprint density at radius 3 is 2.06 bits per heavy atom. The van der Waals surface area contributed by atoms with Gasteiger partial charge in [0.15, 0.2) is 11.6 Å². The number of hydrogen-bond donors (Lipinski definition) is 1. The third kappa shape index (κ3) is 8.51. The van der Waals surface area contributed by atoms with Crippen LogP contribution in [-0.2, 0) is 35.4 Å². The zero-order chi connectivity index (χ0) is 40.0. The SMILES string of the molecule is CCOC(=O)C(COC(=O)Oc1c(F)cc(NC(=O)c2ccccc2-c2ccc(C(F)(F)F)c(C)c2)c(C(=O)N(C)C)c1F)(C(=O)OCC)c1cccs1. The molecule has 1 heterocycles. The van der Waals surface area contributed by atoms with Crippen LogP contribution in [0.3, 0.4) is 0 Å². The minimum atomic E-state index is -4.62. The van der Waals surface area contributed by atoms with Crippen molar-refractivity contribution in [3.63, 3.8) is 0 Å². The van der Waals surface area contributed by atoms with Gasteiger partial charge in [0, 0.05) is 30.6 Å². The Hall–Kier alpha value is -5.84. The maximum atomic E-state index is 16.1. The molecule has 0 atom stereocenters. The molecule has 0 unspecified atom stereocenters. The summed E-state index contributed by atoms with van der Waals surface area (Å²) in [4.78, 5) is 67.0. The molecule has 4 aromatic rings. The van der Waals surface area contributed by atoms with Crippen LogP contribution >= 0.6 is 11.3 Å². The fourth-order valence-electron chi connectivity index (χ4n) is 5.28. The second-order valence-electron chi connectivity index (χ2n) is 11.6. The molecule has 0 saturated carbocycles. The number of anilines is 1. The number of aryl methyl sites for hydroxylation is 1. The number of hydrogen-bond acceptors (Lipinski definition) is 10. The Morgan fingerprint density at radius 1 is 0.852 bits per heavy atom. The smallest absolute Gasteiger partial charge is 0.465 e. The summed E-state index contributed by atoms with van der Waals surface area (Å²) in [6.07, 6.45) is -6.40. The van der Waals surface area contributed by atoms with Crippen molar-refractivity contribution in [1.82, 2.24) is 4.90 Å². The number of esters is 2. The molecule has 1 N–H and O–H groups in total. The lowest BCUT2D eigenvalue weighted by Crippen LogP contribution is -2.50. The number of alkyl halides is 3. The first-order valence-electron chi connectivity index (χ1n) is 16.0. The molecule has 2 amide bonds. The number of carbonyl (C=O) groups is 5. The van der Waals surface area contributed by atoms with Crippen molar-refractivity contribution in [2.45, 2.75) is 32.4 Å². The van der Waals surface area contributed by atoms with E-state index in [2.05, 4.69) is 5.32 Å². The van der Waals surface area contributed by atoms with Gasteiger partial charge in [0.1, 0.15) is 12.2 Å². The van der Waals surface area contributed by atoms with Crippen LogP contribution < -0.4 is 10.1 Å². The van der Waals surface area contributed by atoms with Crippen molar-refractivity contribution in [1.29, 1.82) is 0 Å². The van der Waals surface area contributed by atoms with Crippen molar-refractivity contribution in [2.24, 2.45) is 0 Å². The van der Waals surface area contributed by atoms with Gasteiger partial charge in [-0.05, 0) is 61.0 Å². The molecule has 0 fully saturated rings. The van der Waals surface area contributed by atoms with E-state index in [-0.39, 0.29) is 40.3 Å². The maximum Gasteiger partial charge on any atom is 0.514 e. The van der Waals surface area contributed by atoms with Gasteiger partial charge in [0.05, 0.1) is 24.5 Å². The molecule has 0 radical (unpaired) electrons. The number of amides is 2. The summed E-state index contributed by atoms with van der Waals surface area (Å²) in [7, 11) is 2.45. The van der Waals surface area contributed by atoms with Gasteiger partial charge < -0.3 is 29.2 Å². The van der Waals surface area contributed by atoms with Gasteiger partial charge in [-0.1, -0.05) is 36.4 Å². The minimum absolute atomic E-state index is 0.0681. The molecule has 0 spiro atoms. The molecule has 3 aromatic carbocycles. The second-order valence-corrected chi connectivity index (χ2v) is 12.6. The molecule has 4 rings (SSSR count). The Morgan fingerprint density at radius 2 is 1.50 bits per heavy atom. The second kappa shape index (κ2) is 16.9. The lowest BCUT2D eigenvalue weighted by molar-refractivity contribution is -0.167. The Labute approximate surface area is 309 Å². The zero-order valence-corrected chi connectivity index (χ0v) is 30.2. The first-order chi connectivity index (χ1) is 25.5. The van der Waals surface area contributed by atoms with E-state index >= 15 is 8.78 Å². The Balaban J connectivity index is 1.68. The highest BCUT2D eigenvalue weighted by molar-refractivity contribution is 7.10. The van der Waals surface area contributed by atoms with Crippen molar-refractivity contribution < 1.29 is 64.9 Å². The number of ether oxygens (including phenoxy) is 4. The third-order valence-electron chi connectivity index (χ3n) is 7.84. The molecule has 0 aliphatic heterocycles. The molecule has 1 aromatic heterocycles. The van der Waals surface area contributed by atoms with Crippen molar-refractivity contribution in [3.05, 3.63) is 105 Å². The van der Waals surface area contributed by atoms with Gasteiger partial charge >= 0.3 is 24.3 Å². The van der Waals surface area contributed by atoms with E-state index in [1.165, 1.54) is 82.7 Å². The summed E-state index contributed by atoms with van der Waals surface area (Å²) in [5, 5.41) is 3.81. The molecule has 0 aliphatic carbocycles. The first-order valence-corrected chi connectivity index (χ1v) is 16.9. The van der Waals surface area contributed by atoms with Gasteiger partial charge in [-0.25, -0.2) is 13.6 Å². The molecule has 54 heavy (non-hydrogen) atoms. The highest BCUT2D eigenvalue weighted by Gasteiger charge is 2.53.